The van der Waals surface area contributed by atoms with Gasteiger partial charge in [-0.2, -0.15) is 0 Å². The van der Waals surface area contributed by atoms with Gasteiger partial charge in [0.25, 0.3) is 5.91 Å². The van der Waals surface area contributed by atoms with Crippen molar-refractivity contribution >= 4 is 61.2 Å². The SMILES string of the molecule is CN1C(=O)/C(=C/c2cc(Br)cc(Br)c2O)N(C)C1=S. The van der Waals surface area contributed by atoms with Gasteiger partial charge in [0.05, 0.1) is 4.47 Å². The van der Waals surface area contributed by atoms with Gasteiger partial charge in [-0.25, -0.2) is 0 Å². The lowest BCUT2D eigenvalue weighted by Crippen LogP contribution is -2.26. The van der Waals surface area contributed by atoms with Crippen molar-refractivity contribution < 1.29 is 9.90 Å². The number of aromatic hydroxyl groups is 1. The van der Waals surface area contributed by atoms with Crippen LogP contribution in [0.5, 0.6) is 5.75 Å². The number of likely N-dealkylation sites (N-methyl/N-ethyl adjacent to an activating group) is 2. The maximum absolute atomic E-state index is 12.0. The van der Waals surface area contributed by atoms with Crippen LogP contribution >= 0.6 is 44.1 Å². The molecule has 0 bridgehead atoms. The highest BCUT2D eigenvalue weighted by molar-refractivity contribution is 9.11. The van der Waals surface area contributed by atoms with Crippen molar-refractivity contribution in [3.05, 3.63) is 32.3 Å². The van der Waals surface area contributed by atoms with Crippen molar-refractivity contribution in [3.8, 4) is 5.75 Å². The summed E-state index contributed by atoms with van der Waals surface area (Å²) in [7, 11) is 3.35. The number of carbonyl (C=O) groups excluding carboxylic acids is 1. The number of benzene rings is 1. The summed E-state index contributed by atoms with van der Waals surface area (Å²) < 4.78 is 1.35. The Labute approximate surface area is 132 Å². The highest BCUT2D eigenvalue weighted by atomic mass is 79.9. The minimum atomic E-state index is -0.192. The second kappa shape index (κ2) is 5.22. The molecule has 1 aliphatic rings. The summed E-state index contributed by atoms with van der Waals surface area (Å²) in [6, 6.07) is 3.46. The monoisotopic (exact) mass is 404 g/mol. The Hall–Kier alpha value is -0.920. The lowest BCUT2D eigenvalue weighted by molar-refractivity contribution is -0.121. The lowest BCUT2D eigenvalue weighted by Gasteiger charge is -2.11. The molecule has 0 unspecified atom stereocenters. The maximum atomic E-state index is 12.0. The van der Waals surface area contributed by atoms with Gasteiger partial charge in [-0.1, -0.05) is 15.9 Å². The normalized spacial score (nSPS) is 17.8. The molecule has 1 fully saturated rings. The standard InChI is InChI=1S/C12H10Br2N2O2S/c1-15-9(11(18)16(2)12(15)19)4-6-3-7(13)5-8(14)10(6)17/h3-5,17H,1-2H3/b9-4-. The van der Waals surface area contributed by atoms with Crippen LogP contribution in [0.15, 0.2) is 26.8 Å². The van der Waals surface area contributed by atoms with E-state index in [-0.39, 0.29) is 11.7 Å². The number of amides is 1. The summed E-state index contributed by atoms with van der Waals surface area (Å²) in [5.74, 6) is -0.111. The van der Waals surface area contributed by atoms with Gasteiger partial charge in [-0.15, -0.1) is 0 Å². The maximum Gasteiger partial charge on any atom is 0.276 e. The quantitative estimate of drug-likeness (QED) is 0.576. The van der Waals surface area contributed by atoms with E-state index in [4.69, 9.17) is 12.2 Å². The topological polar surface area (TPSA) is 43.8 Å². The average Bonchev–Trinajstić information content (AvgIpc) is 2.53. The van der Waals surface area contributed by atoms with Gasteiger partial charge in [-0.3, -0.25) is 9.69 Å². The van der Waals surface area contributed by atoms with Gasteiger partial charge in [0.2, 0.25) is 0 Å². The molecule has 4 nitrogen and oxygen atoms in total. The molecule has 7 heteroatoms. The van der Waals surface area contributed by atoms with Gasteiger partial charge in [0, 0.05) is 24.1 Å². The van der Waals surface area contributed by atoms with Crippen LogP contribution in [0.25, 0.3) is 6.08 Å². The Morgan fingerprint density at radius 3 is 2.42 bits per heavy atom. The molecule has 1 aliphatic heterocycles. The first-order chi connectivity index (χ1) is 8.82. The van der Waals surface area contributed by atoms with E-state index in [0.717, 1.165) is 4.47 Å². The molecule has 1 N–H and O–H groups in total. The minimum absolute atomic E-state index is 0.0809. The van der Waals surface area contributed by atoms with Crippen molar-refractivity contribution in [3.63, 3.8) is 0 Å². The summed E-state index contributed by atoms with van der Waals surface area (Å²) in [5, 5.41) is 10.4. The van der Waals surface area contributed by atoms with Crippen molar-refractivity contribution in [2.45, 2.75) is 0 Å². The third-order valence-electron chi connectivity index (χ3n) is 2.81. The highest BCUT2D eigenvalue weighted by Crippen LogP contribution is 2.34. The van der Waals surface area contributed by atoms with E-state index in [2.05, 4.69) is 31.9 Å². The van der Waals surface area contributed by atoms with E-state index < -0.39 is 0 Å². The predicted octanol–water partition coefficient (Wildman–Crippen LogP) is 2.95. The molecule has 19 heavy (non-hydrogen) atoms. The molecule has 0 spiro atoms. The molecule has 1 saturated heterocycles. The molecule has 0 aromatic heterocycles. The number of halogens is 2. The molecule has 0 atom stereocenters. The Morgan fingerprint density at radius 1 is 1.26 bits per heavy atom. The molecular weight excluding hydrogens is 396 g/mol. The van der Waals surface area contributed by atoms with Crippen LogP contribution in [0.4, 0.5) is 0 Å². The molecule has 2 rings (SSSR count). The van der Waals surface area contributed by atoms with Crippen LogP contribution in [0.3, 0.4) is 0 Å². The zero-order valence-corrected chi connectivity index (χ0v) is 14.1. The van der Waals surface area contributed by atoms with Gasteiger partial charge >= 0.3 is 0 Å². The van der Waals surface area contributed by atoms with Crippen molar-refractivity contribution in [1.29, 1.82) is 0 Å². The van der Waals surface area contributed by atoms with Crippen LogP contribution in [0.2, 0.25) is 0 Å². The number of thiocarbonyl (C=S) groups is 1. The summed E-state index contributed by atoms with van der Waals surface area (Å²) in [4.78, 5) is 15.0. The smallest absolute Gasteiger partial charge is 0.276 e. The Kier molecular flexibility index (Phi) is 3.98. The van der Waals surface area contributed by atoms with Crippen LogP contribution in [0, 0.1) is 0 Å². The number of phenols is 1. The number of nitrogens with zero attached hydrogens (tertiary/aromatic N) is 2. The number of carbonyl (C=O) groups is 1. The number of rotatable bonds is 1. The number of hydrogen-bond donors (Lipinski definition) is 1. The summed E-state index contributed by atoms with van der Waals surface area (Å²) in [6.07, 6.45) is 1.61. The second-order valence-electron chi connectivity index (χ2n) is 4.06. The number of phenolic OH excluding ortho intramolecular Hbond substituents is 1. The zero-order chi connectivity index (χ0) is 14.3. The molecule has 1 heterocycles. The fourth-order valence-corrected chi connectivity index (χ4v) is 3.17. The van der Waals surface area contributed by atoms with Crippen molar-refractivity contribution in [1.82, 2.24) is 9.80 Å². The van der Waals surface area contributed by atoms with E-state index in [9.17, 15) is 9.90 Å². The van der Waals surface area contributed by atoms with E-state index in [0.29, 0.717) is 20.8 Å². The van der Waals surface area contributed by atoms with Crippen molar-refractivity contribution in [2.75, 3.05) is 14.1 Å². The van der Waals surface area contributed by atoms with Crippen molar-refractivity contribution in [2.24, 2.45) is 0 Å². The fraction of sp³-hybridized carbons (Fsp3) is 0.167. The molecule has 0 saturated carbocycles. The van der Waals surface area contributed by atoms with Gasteiger partial charge < -0.3 is 10.0 Å². The molecule has 1 amide bonds. The lowest BCUT2D eigenvalue weighted by atomic mass is 10.1. The Bertz CT molecular complexity index is 616. The van der Waals surface area contributed by atoms with Gasteiger partial charge in [0.15, 0.2) is 5.11 Å². The fourth-order valence-electron chi connectivity index (χ4n) is 1.73. The summed E-state index contributed by atoms with van der Waals surface area (Å²) >= 11 is 11.7. The number of hydrogen-bond acceptors (Lipinski definition) is 3. The first-order valence-electron chi connectivity index (χ1n) is 5.28. The van der Waals surface area contributed by atoms with Gasteiger partial charge in [0.1, 0.15) is 11.4 Å². The summed E-state index contributed by atoms with van der Waals surface area (Å²) in [6.45, 7) is 0. The zero-order valence-electron chi connectivity index (χ0n) is 10.1. The van der Waals surface area contributed by atoms with Crippen LogP contribution in [-0.4, -0.2) is 40.0 Å². The van der Waals surface area contributed by atoms with E-state index in [1.54, 1.807) is 37.2 Å². The molecular formula is C12H10Br2N2O2S. The molecule has 0 radical (unpaired) electrons. The molecule has 1 aromatic carbocycles. The Morgan fingerprint density at radius 2 is 1.89 bits per heavy atom. The second-order valence-corrected chi connectivity index (χ2v) is 6.20. The largest absolute Gasteiger partial charge is 0.506 e. The predicted molar refractivity (Wildman–Crippen MR) is 84.6 cm³/mol. The van der Waals surface area contributed by atoms with E-state index in [1.807, 2.05) is 0 Å². The highest BCUT2D eigenvalue weighted by Gasteiger charge is 2.32. The summed E-state index contributed by atoms with van der Waals surface area (Å²) in [5.41, 5.74) is 0.961. The average molecular weight is 406 g/mol. The third-order valence-corrected chi connectivity index (χ3v) is 4.42. The first kappa shape index (κ1) is 14.5. The van der Waals surface area contributed by atoms with E-state index >= 15 is 0 Å². The molecule has 1 aromatic rings. The minimum Gasteiger partial charge on any atom is -0.506 e. The third kappa shape index (κ3) is 2.54. The van der Waals surface area contributed by atoms with Crippen LogP contribution < -0.4 is 0 Å². The molecule has 100 valence electrons. The van der Waals surface area contributed by atoms with Crippen LogP contribution in [-0.2, 0) is 4.79 Å². The van der Waals surface area contributed by atoms with E-state index in [1.165, 1.54) is 4.90 Å². The first-order valence-corrected chi connectivity index (χ1v) is 7.27. The Balaban J connectivity index is 2.53. The van der Waals surface area contributed by atoms with Gasteiger partial charge in [-0.05, 0) is 46.4 Å². The molecule has 0 aliphatic carbocycles. The van der Waals surface area contributed by atoms with Crippen LogP contribution in [0.1, 0.15) is 5.56 Å².